The van der Waals surface area contributed by atoms with Crippen molar-refractivity contribution in [3.8, 4) is 5.69 Å². The second-order valence-electron chi connectivity index (χ2n) is 6.30. The normalized spacial score (nSPS) is 17.2. The summed E-state index contributed by atoms with van der Waals surface area (Å²) in [7, 11) is 0. The van der Waals surface area contributed by atoms with E-state index >= 15 is 0 Å². The van der Waals surface area contributed by atoms with E-state index in [1.807, 2.05) is 6.92 Å². The van der Waals surface area contributed by atoms with Gasteiger partial charge in [0, 0.05) is 11.9 Å². The van der Waals surface area contributed by atoms with E-state index in [1.165, 1.54) is 28.4 Å². The lowest BCUT2D eigenvalue weighted by Gasteiger charge is -2.20. The van der Waals surface area contributed by atoms with Crippen LogP contribution in [0.4, 0.5) is 4.39 Å². The smallest absolute Gasteiger partial charge is 0.326 e. The fourth-order valence-corrected chi connectivity index (χ4v) is 4.46. The largest absolute Gasteiger partial charge is 0.480 e. The Hall–Kier alpha value is -2.74. The molecule has 1 atom stereocenters. The Morgan fingerprint density at radius 1 is 1.31 bits per heavy atom. The summed E-state index contributed by atoms with van der Waals surface area (Å²) in [6.45, 7) is 2.30. The molecule has 3 heterocycles. The lowest BCUT2D eigenvalue weighted by atomic mass is 10.2. The first-order valence-corrected chi connectivity index (χ1v) is 9.06. The summed E-state index contributed by atoms with van der Waals surface area (Å²) in [4.78, 5) is 26.9. The number of hydrogen-bond acceptors (Lipinski definition) is 4. The second kappa shape index (κ2) is 6.21. The highest BCUT2D eigenvalue weighted by Gasteiger charge is 2.35. The molecule has 3 aromatic rings. The second-order valence-corrected chi connectivity index (χ2v) is 7.33. The molecular weight excluding hydrogens is 357 g/mol. The van der Waals surface area contributed by atoms with Crippen LogP contribution in [0.25, 0.3) is 15.9 Å². The van der Waals surface area contributed by atoms with Crippen LogP contribution in [0.5, 0.6) is 0 Å². The minimum Gasteiger partial charge on any atom is -0.480 e. The molecule has 6 nitrogen and oxygen atoms in total. The number of carbonyl (C=O) groups excluding carboxylic acids is 1. The van der Waals surface area contributed by atoms with Crippen LogP contribution in [0, 0.1) is 12.7 Å². The van der Waals surface area contributed by atoms with Gasteiger partial charge in [0.25, 0.3) is 5.91 Å². The zero-order valence-electron chi connectivity index (χ0n) is 14.0. The molecule has 1 aliphatic rings. The van der Waals surface area contributed by atoms with Crippen molar-refractivity contribution in [1.82, 2.24) is 14.7 Å². The standard InChI is InChI=1S/C18H16FN3O3S/c1-10-13-9-15(16(23)21-8-2-3-14(21)18(24)25)26-17(13)22(20-10)12-6-4-11(19)5-7-12/h4-7,9,14H,2-3,8H2,1H3,(H,24,25)/t14-/m0/s1. The van der Waals surface area contributed by atoms with Gasteiger partial charge in [-0.2, -0.15) is 5.10 Å². The first-order valence-electron chi connectivity index (χ1n) is 8.24. The average molecular weight is 373 g/mol. The molecule has 0 spiro atoms. The van der Waals surface area contributed by atoms with E-state index in [0.29, 0.717) is 30.0 Å². The molecule has 26 heavy (non-hydrogen) atoms. The quantitative estimate of drug-likeness (QED) is 0.765. The summed E-state index contributed by atoms with van der Waals surface area (Å²) in [6.07, 6.45) is 1.17. The molecule has 134 valence electrons. The van der Waals surface area contributed by atoms with Crippen LogP contribution in [-0.2, 0) is 4.79 Å². The van der Waals surface area contributed by atoms with Gasteiger partial charge in [-0.05, 0) is 50.1 Å². The Balaban J connectivity index is 1.74. The highest BCUT2D eigenvalue weighted by Crippen LogP contribution is 2.32. The van der Waals surface area contributed by atoms with Crippen LogP contribution in [-0.4, -0.2) is 44.3 Å². The molecule has 1 amide bonds. The van der Waals surface area contributed by atoms with Crippen LogP contribution < -0.4 is 0 Å². The van der Waals surface area contributed by atoms with Gasteiger partial charge in [0.05, 0.1) is 16.3 Å². The van der Waals surface area contributed by atoms with Crippen molar-refractivity contribution in [1.29, 1.82) is 0 Å². The van der Waals surface area contributed by atoms with Gasteiger partial charge in [0.15, 0.2) is 0 Å². The number of thiophene rings is 1. The number of carboxylic acid groups (broad SMARTS) is 1. The monoisotopic (exact) mass is 373 g/mol. The molecule has 0 radical (unpaired) electrons. The molecule has 1 saturated heterocycles. The summed E-state index contributed by atoms with van der Waals surface area (Å²) in [5.74, 6) is -1.56. The number of fused-ring (bicyclic) bond motifs is 1. The zero-order chi connectivity index (χ0) is 18.4. The van der Waals surface area contributed by atoms with Gasteiger partial charge in [-0.15, -0.1) is 11.3 Å². The van der Waals surface area contributed by atoms with Gasteiger partial charge in [-0.25, -0.2) is 13.9 Å². The van der Waals surface area contributed by atoms with Gasteiger partial charge >= 0.3 is 5.97 Å². The van der Waals surface area contributed by atoms with Crippen LogP contribution >= 0.6 is 11.3 Å². The van der Waals surface area contributed by atoms with Crippen LogP contribution in [0.15, 0.2) is 30.3 Å². The number of carboxylic acids is 1. The number of likely N-dealkylation sites (tertiary alicyclic amines) is 1. The predicted molar refractivity (Wildman–Crippen MR) is 95.3 cm³/mol. The van der Waals surface area contributed by atoms with Crippen molar-refractivity contribution in [3.05, 3.63) is 46.7 Å². The van der Waals surface area contributed by atoms with Crippen molar-refractivity contribution in [2.45, 2.75) is 25.8 Å². The average Bonchev–Trinajstić information content (AvgIpc) is 3.31. The molecule has 1 fully saturated rings. The highest BCUT2D eigenvalue weighted by molar-refractivity contribution is 7.20. The van der Waals surface area contributed by atoms with Crippen LogP contribution in [0.1, 0.15) is 28.2 Å². The summed E-state index contributed by atoms with van der Waals surface area (Å²) in [5.41, 5.74) is 1.46. The number of halogens is 1. The predicted octanol–water partition coefficient (Wildman–Crippen LogP) is 3.22. The minimum absolute atomic E-state index is 0.263. The van der Waals surface area contributed by atoms with E-state index in [9.17, 15) is 19.1 Å². The number of carbonyl (C=O) groups is 2. The van der Waals surface area contributed by atoms with Gasteiger partial charge in [0.2, 0.25) is 0 Å². The molecule has 1 aliphatic heterocycles. The third kappa shape index (κ3) is 2.66. The van der Waals surface area contributed by atoms with Crippen molar-refractivity contribution in [2.75, 3.05) is 6.54 Å². The van der Waals surface area contributed by atoms with E-state index in [-0.39, 0.29) is 11.7 Å². The molecule has 8 heteroatoms. The lowest BCUT2D eigenvalue weighted by molar-refractivity contribution is -0.141. The van der Waals surface area contributed by atoms with Crippen LogP contribution in [0.2, 0.25) is 0 Å². The molecule has 1 aromatic carbocycles. The number of aromatic nitrogens is 2. The van der Waals surface area contributed by atoms with Gasteiger partial charge < -0.3 is 10.0 Å². The third-order valence-corrected chi connectivity index (χ3v) is 5.72. The Morgan fingerprint density at radius 2 is 2.04 bits per heavy atom. The van der Waals surface area contributed by atoms with Crippen molar-refractivity contribution in [2.24, 2.45) is 0 Å². The maximum Gasteiger partial charge on any atom is 0.326 e. The zero-order valence-corrected chi connectivity index (χ0v) is 14.8. The molecule has 2 aromatic heterocycles. The SMILES string of the molecule is Cc1nn(-c2ccc(F)cc2)c2sc(C(=O)N3CCC[C@H]3C(=O)O)cc12. The minimum atomic E-state index is -0.967. The van der Waals surface area contributed by atoms with Gasteiger partial charge in [-0.1, -0.05) is 0 Å². The molecule has 0 bridgehead atoms. The number of nitrogens with zero attached hydrogens (tertiary/aromatic N) is 3. The summed E-state index contributed by atoms with van der Waals surface area (Å²) < 4.78 is 14.9. The number of aliphatic carboxylic acids is 1. The molecule has 0 unspecified atom stereocenters. The van der Waals surface area contributed by atoms with E-state index in [0.717, 1.165) is 15.9 Å². The summed E-state index contributed by atoms with van der Waals surface area (Å²) in [5, 5.41) is 14.6. The van der Waals surface area contributed by atoms with Gasteiger partial charge in [-0.3, -0.25) is 4.79 Å². The van der Waals surface area contributed by atoms with Crippen molar-refractivity contribution in [3.63, 3.8) is 0 Å². The Bertz CT molecular complexity index is 1010. The van der Waals surface area contributed by atoms with E-state index in [1.54, 1.807) is 22.9 Å². The van der Waals surface area contributed by atoms with E-state index in [2.05, 4.69) is 5.10 Å². The number of hydrogen-bond donors (Lipinski definition) is 1. The fourth-order valence-electron chi connectivity index (χ4n) is 3.32. The van der Waals surface area contributed by atoms with Crippen molar-refractivity contribution >= 4 is 33.4 Å². The van der Waals surface area contributed by atoms with Gasteiger partial charge in [0.1, 0.15) is 16.7 Å². The topological polar surface area (TPSA) is 75.4 Å². The highest BCUT2D eigenvalue weighted by atomic mass is 32.1. The molecule has 0 aliphatic carbocycles. The number of aryl methyl sites for hydroxylation is 1. The first kappa shape index (κ1) is 16.7. The van der Waals surface area contributed by atoms with Crippen LogP contribution in [0.3, 0.4) is 0 Å². The first-order chi connectivity index (χ1) is 12.5. The molecule has 1 N–H and O–H groups in total. The Labute approximate surface area is 152 Å². The number of benzene rings is 1. The van der Waals surface area contributed by atoms with E-state index in [4.69, 9.17) is 0 Å². The molecule has 0 saturated carbocycles. The Kier molecular flexibility index (Phi) is 3.99. The maximum absolute atomic E-state index is 13.2. The molecular formula is C18H16FN3O3S. The third-order valence-electron chi connectivity index (χ3n) is 4.63. The number of rotatable bonds is 3. The Morgan fingerprint density at radius 3 is 2.73 bits per heavy atom. The molecule has 4 rings (SSSR count). The van der Waals surface area contributed by atoms with E-state index < -0.39 is 12.0 Å². The van der Waals surface area contributed by atoms with Crippen molar-refractivity contribution < 1.29 is 19.1 Å². The number of amides is 1. The fraction of sp³-hybridized carbons (Fsp3) is 0.278. The summed E-state index contributed by atoms with van der Waals surface area (Å²) in [6, 6.07) is 6.98. The summed E-state index contributed by atoms with van der Waals surface area (Å²) >= 11 is 1.28. The maximum atomic E-state index is 13.2. The lowest BCUT2D eigenvalue weighted by Crippen LogP contribution is -2.40.